The number of nitro groups is 1. The fourth-order valence-electron chi connectivity index (χ4n) is 3.00. The lowest BCUT2D eigenvalue weighted by molar-refractivity contribution is -0.384. The first kappa shape index (κ1) is 23.6. The van der Waals surface area contributed by atoms with Gasteiger partial charge in [-0.05, 0) is 42.3 Å². The molecule has 0 atom stereocenters. The third-order valence-corrected chi connectivity index (χ3v) is 6.99. The zero-order chi connectivity index (χ0) is 23.1. The number of nitro benzene ring substituents is 1. The van der Waals surface area contributed by atoms with Crippen LogP contribution in [-0.4, -0.2) is 36.6 Å². The summed E-state index contributed by atoms with van der Waals surface area (Å²) in [6, 6.07) is 21.0. The van der Waals surface area contributed by atoms with Crippen molar-refractivity contribution in [3.63, 3.8) is 0 Å². The summed E-state index contributed by atoms with van der Waals surface area (Å²) in [5, 5.41) is 13.5. The number of nitrogens with zero attached hydrogens (tertiary/aromatic N) is 2. The van der Waals surface area contributed by atoms with Crippen molar-refractivity contribution in [2.75, 3.05) is 18.4 Å². The van der Waals surface area contributed by atoms with E-state index in [1.165, 1.54) is 36.4 Å². The number of hydrogen-bond donors (Lipinski definition) is 1. The second kappa shape index (κ2) is 10.5. The van der Waals surface area contributed by atoms with E-state index >= 15 is 0 Å². The second-order valence-electron chi connectivity index (χ2n) is 6.88. The molecule has 0 heterocycles. The first-order chi connectivity index (χ1) is 15.3. The number of rotatable bonds is 9. The van der Waals surface area contributed by atoms with Crippen molar-refractivity contribution < 1.29 is 18.1 Å². The van der Waals surface area contributed by atoms with Crippen LogP contribution < -0.4 is 5.32 Å². The highest BCUT2D eigenvalue weighted by Gasteiger charge is 2.26. The van der Waals surface area contributed by atoms with Gasteiger partial charge >= 0.3 is 0 Å². The summed E-state index contributed by atoms with van der Waals surface area (Å²) < 4.78 is 28.3. The van der Waals surface area contributed by atoms with Crippen molar-refractivity contribution in [3.8, 4) is 0 Å². The minimum absolute atomic E-state index is 0.0666. The highest BCUT2D eigenvalue weighted by Crippen LogP contribution is 2.21. The number of sulfonamides is 1. The van der Waals surface area contributed by atoms with Crippen LogP contribution in [0, 0.1) is 10.1 Å². The highest BCUT2D eigenvalue weighted by atomic mass is 79.9. The lowest BCUT2D eigenvalue weighted by atomic mass is 10.1. The van der Waals surface area contributed by atoms with Crippen LogP contribution in [0.3, 0.4) is 0 Å². The first-order valence-corrected chi connectivity index (χ1v) is 11.8. The zero-order valence-corrected chi connectivity index (χ0v) is 19.3. The molecular formula is C22H20BrN3O5S. The number of nitrogens with one attached hydrogen (secondary N) is 1. The molecule has 0 spiro atoms. The van der Waals surface area contributed by atoms with E-state index in [4.69, 9.17) is 0 Å². The third-order valence-electron chi connectivity index (χ3n) is 4.60. The number of halogens is 1. The number of non-ortho nitro benzene ring substituents is 1. The summed E-state index contributed by atoms with van der Waals surface area (Å²) in [6.07, 6.45) is 0.417. The minimum atomic E-state index is -3.95. The van der Waals surface area contributed by atoms with Crippen LogP contribution in [0.2, 0.25) is 0 Å². The van der Waals surface area contributed by atoms with Crippen molar-refractivity contribution >= 4 is 43.2 Å². The molecule has 0 radical (unpaired) electrons. The Bertz CT molecular complexity index is 1200. The Morgan fingerprint density at radius 2 is 1.69 bits per heavy atom. The number of carbonyl (C=O) groups is 1. The number of amides is 1. The third kappa shape index (κ3) is 6.22. The fourth-order valence-corrected chi connectivity index (χ4v) is 4.66. The summed E-state index contributed by atoms with van der Waals surface area (Å²) in [5.74, 6) is -0.598. The van der Waals surface area contributed by atoms with Crippen molar-refractivity contribution in [2.24, 2.45) is 0 Å². The molecule has 0 aliphatic heterocycles. The molecule has 0 unspecified atom stereocenters. The normalized spacial score (nSPS) is 11.3. The van der Waals surface area contributed by atoms with Gasteiger partial charge in [0.2, 0.25) is 15.9 Å². The molecule has 0 saturated heterocycles. The largest absolute Gasteiger partial charge is 0.325 e. The molecule has 1 N–H and O–H groups in total. The summed E-state index contributed by atoms with van der Waals surface area (Å²) >= 11 is 3.28. The van der Waals surface area contributed by atoms with Crippen molar-refractivity contribution in [3.05, 3.63) is 99.0 Å². The predicted octanol–water partition coefficient (Wildman–Crippen LogP) is 4.23. The van der Waals surface area contributed by atoms with Crippen LogP contribution in [0.25, 0.3) is 0 Å². The van der Waals surface area contributed by atoms with E-state index in [-0.39, 0.29) is 22.8 Å². The first-order valence-electron chi connectivity index (χ1n) is 9.59. The lowest BCUT2D eigenvalue weighted by Gasteiger charge is -2.22. The maximum Gasteiger partial charge on any atom is 0.271 e. The highest BCUT2D eigenvalue weighted by molar-refractivity contribution is 9.10. The van der Waals surface area contributed by atoms with Crippen LogP contribution >= 0.6 is 15.9 Å². The van der Waals surface area contributed by atoms with Gasteiger partial charge in [-0.15, -0.1) is 0 Å². The van der Waals surface area contributed by atoms with E-state index in [1.54, 1.807) is 12.1 Å². The van der Waals surface area contributed by atoms with E-state index < -0.39 is 27.4 Å². The topological polar surface area (TPSA) is 110 Å². The predicted molar refractivity (Wildman–Crippen MR) is 125 cm³/mol. The van der Waals surface area contributed by atoms with Crippen molar-refractivity contribution in [2.45, 2.75) is 11.3 Å². The molecule has 0 aliphatic rings. The van der Waals surface area contributed by atoms with Gasteiger partial charge in [-0.3, -0.25) is 14.9 Å². The van der Waals surface area contributed by atoms with Crippen molar-refractivity contribution in [1.82, 2.24) is 4.31 Å². The zero-order valence-electron chi connectivity index (χ0n) is 16.8. The smallest absolute Gasteiger partial charge is 0.271 e. The van der Waals surface area contributed by atoms with Crippen LogP contribution in [0.5, 0.6) is 0 Å². The Labute approximate surface area is 194 Å². The maximum atomic E-state index is 13.2. The lowest BCUT2D eigenvalue weighted by Crippen LogP contribution is -2.39. The minimum Gasteiger partial charge on any atom is -0.325 e. The Balaban J connectivity index is 1.81. The Morgan fingerprint density at radius 1 is 1.00 bits per heavy atom. The summed E-state index contributed by atoms with van der Waals surface area (Å²) in [6.45, 7) is -0.349. The average Bonchev–Trinajstić information content (AvgIpc) is 2.77. The molecule has 1 amide bonds. The number of benzene rings is 3. The average molecular weight is 518 g/mol. The molecule has 32 heavy (non-hydrogen) atoms. The van der Waals surface area contributed by atoms with E-state index in [0.29, 0.717) is 6.42 Å². The number of carbonyl (C=O) groups excluding carboxylic acids is 1. The standard InChI is InChI=1S/C22H20BrN3O5S/c23-18-9-11-21(12-10-18)32(30,31)25(14-13-17-5-2-1-3-6-17)16-22(27)24-19-7-4-8-20(15-19)26(28)29/h1-12,15H,13-14,16H2,(H,24,27). The maximum absolute atomic E-state index is 13.2. The molecule has 3 aromatic carbocycles. The monoisotopic (exact) mass is 517 g/mol. The summed E-state index contributed by atoms with van der Waals surface area (Å²) in [5.41, 5.74) is 0.974. The molecule has 0 saturated carbocycles. The van der Waals surface area contributed by atoms with Gasteiger partial charge < -0.3 is 5.32 Å². The SMILES string of the molecule is O=C(CN(CCc1ccccc1)S(=O)(=O)c1ccc(Br)cc1)Nc1cccc([N+](=O)[O-])c1. The van der Waals surface area contributed by atoms with Crippen molar-refractivity contribution in [1.29, 1.82) is 0 Å². The Kier molecular flexibility index (Phi) is 7.73. The second-order valence-corrected chi connectivity index (χ2v) is 9.74. The van der Waals surface area contributed by atoms with Crippen LogP contribution in [0.4, 0.5) is 11.4 Å². The van der Waals surface area contributed by atoms with Gasteiger partial charge in [-0.1, -0.05) is 52.3 Å². The van der Waals surface area contributed by atoms with E-state index in [0.717, 1.165) is 14.3 Å². The number of hydrogen-bond acceptors (Lipinski definition) is 5. The Morgan fingerprint density at radius 3 is 2.34 bits per heavy atom. The number of anilines is 1. The van der Waals surface area contributed by atoms with E-state index in [2.05, 4.69) is 21.2 Å². The van der Waals surface area contributed by atoms with Crippen LogP contribution in [0.1, 0.15) is 5.56 Å². The van der Waals surface area contributed by atoms with Gasteiger partial charge in [0.1, 0.15) is 0 Å². The molecule has 0 fully saturated rings. The molecule has 10 heteroatoms. The molecule has 3 aromatic rings. The molecular weight excluding hydrogens is 498 g/mol. The van der Waals surface area contributed by atoms with Gasteiger partial charge in [0.05, 0.1) is 16.4 Å². The van der Waals surface area contributed by atoms with Gasteiger partial charge in [0.25, 0.3) is 5.69 Å². The molecule has 0 bridgehead atoms. The van der Waals surface area contributed by atoms with E-state index in [9.17, 15) is 23.3 Å². The Hall–Kier alpha value is -3.08. The summed E-state index contributed by atoms with van der Waals surface area (Å²) in [4.78, 5) is 23.1. The molecule has 8 nitrogen and oxygen atoms in total. The fraction of sp³-hybridized carbons (Fsp3) is 0.136. The van der Waals surface area contributed by atoms with Crippen LogP contribution in [-0.2, 0) is 21.2 Å². The van der Waals surface area contributed by atoms with Gasteiger partial charge in [0.15, 0.2) is 0 Å². The van der Waals surface area contributed by atoms with Gasteiger partial charge in [-0.2, -0.15) is 4.31 Å². The molecule has 0 aliphatic carbocycles. The van der Waals surface area contributed by atoms with E-state index in [1.807, 2.05) is 30.3 Å². The quantitative estimate of drug-likeness (QED) is 0.337. The molecule has 166 valence electrons. The summed E-state index contributed by atoms with van der Waals surface area (Å²) in [7, 11) is -3.95. The van der Waals surface area contributed by atoms with Gasteiger partial charge in [-0.25, -0.2) is 8.42 Å². The van der Waals surface area contributed by atoms with Crippen LogP contribution in [0.15, 0.2) is 88.2 Å². The molecule has 3 rings (SSSR count). The molecule has 0 aromatic heterocycles. The van der Waals surface area contributed by atoms with Gasteiger partial charge in [0, 0.05) is 28.8 Å².